The second-order valence-corrected chi connectivity index (χ2v) is 6.41. The molecular formula is C16H20F3N3O. The fraction of sp³-hybridized carbons (Fsp3) is 0.562. The van der Waals surface area contributed by atoms with Crippen LogP contribution < -0.4 is 10.6 Å². The van der Waals surface area contributed by atoms with Gasteiger partial charge in [-0.25, -0.2) is 4.79 Å². The van der Waals surface area contributed by atoms with Crippen LogP contribution in [0.4, 0.5) is 23.7 Å². The monoisotopic (exact) mass is 327 g/mol. The Balaban J connectivity index is 1.62. The first-order valence-electron chi connectivity index (χ1n) is 7.82. The summed E-state index contributed by atoms with van der Waals surface area (Å²) in [6, 6.07) is 5.00. The van der Waals surface area contributed by atoms with Gasteiger partial charge in [0, 0.05) is 25.2 Å². The Morgan fingerprint density at radius 3 is 2.57 bits per heavy atom. The number of hydrogen-bond acceptors (Lipinski definition) is 2. The Hall–Kier alpha value is -1.76. The maximum Gasteiger partial charge on any atom is 0.418 e. The Labute approximate surface area is 133 Å². The SMILES string of the molecule is C[C@@H]1CN(C2CC2)C[C@@H]1NC(=O)Nc1ccccc1C(F)(F)F. The fourth-order valence-corrected chi connectivity index (χ4v) is 3.10. The number of urea groups is 1. The first kappa shape index (κ1) is 16.1. The highest BCUT2D eigenvalue weighted by molar-refractivity contribution is 5.90. The van der Waals surface area contributed by atoms with Gasteiger partial charge in [-0.2, -0.15) is 13.2 Å². The van der Waals surface area contributed by atoms with Crippen molar-refractivity contribution in [2.24, 2.45) is 5.92 Å². The minimum absolute atomic E-state index is 0.0337. The molecule has 1 saturated carbocycles. The summed E-state index contributed by atoms with van der Waals surface area (Å²) in [5, 5.41) is 5.14. The normalized spacial score (nSPS) is 25.4. The first-order valence-corrected chi connectivity index (χ1v) is 7.82. The molecule has 1 aliphatic carbocycles. The third-order valence-electron chi connectivity index (χ3n) is 4.50. The summed E-state index contributed by atoms with van der Waals surface area (Å²) in [4.78, 5) is 14.4. The van der Waals surface area contributed by atoms with Gasteiger partial charge in [0.15, 0.2) is 0 Å². The van der Waals surface area contributed by atoms with Crippen LogP contribution in [-0.2, 0) is 6.18 Å². The van der Waals surface area contributed by atoms with Gasteiger partial charge in [0.2, 0.25) is 0 Å². The van der Waals surface area contributed by atoms with Crippen LogP contribution in [0.2, 0.25) is 0 Å². The van der Waals surface area contributed by atoms with Gasteiger partial charge in [-0.1, -0.05) is 19.1 Å². The number of amides is 2. The van der Waals surface area contributed by atoms with Crippen molar-refractivity contribution in [3.63, 3.8) is 0 Å². The molecule has 1 aromatic carbocycles. The fourth-order valence-electron chi connectivity index (χ4n) is 3.10. The van der Waals surface area contributed by atoms with Gasteiger partial charge >= 0.3 is 12.2 Å². The van der Waals surface area contributed by atoms with Crippen molar-refractivity contribution < 1.29 is 18.0 Å². The molecule has 2 fully saturated rings. The largest absolute Gasteiger partial charge is 0.418 e. The van der Waals surface area contributed by atoms with Crippen LogP contribution >= 0.6 is 0 Å². The molecule has 0 bridgehead atoms. The quantitative estimate of drug-likeness (QED) is 0.894. The van der Waals surface area contributed by atoms with E-state index in [2.05, 4.69) is 22.5 Å². The summed E-state index contributed by atoms with van der Waals surface area (Å²) in [7, 11) is 0. The minimum atomic E-state index is -4.49. The Morgan fingerprint density at radius 2 is 1.91 bits per heavy atom. The van der Waals surface area contributed by atoms with Gasteiger partial charge in [-0.15, -0.1) is 0 Å². The maximum atomic E-state index is 12.9. The van der Waals surface area contributed by atoms with Crippen LogP contribution in [0.25, 0.3) is 0 Å². The average Bonchev–Trinajstić information content (AvgIpc) is 3.24. The molecule has 2 atom stereocenters. The van der Waals surface area contributed by atoms with E-state index in [1.807, 2.05) is 0 Å². The van der Waals surface area contributed by atoms with Crippen molar-refractivity contribution in [3.8, 4) is 0 Å². The van der Waals surface area contributed by atoms with Crippen molar-refractivity contribution in [1.29, 1.82) is 0 Å². The average molecular weight is 327 g/mol. The molecule has 126 valence electrons. The molecule has 0 aromatic heterocycles. The molecule has 4 nitrogen and oxygen atoms in total. The zero-order valence-corrected chi connectivity index (χ0v) is 12.9. The van der Waals surface area contributed by atoms with Gasteiger partial charge in [-0.3, -0.25) is 4.90 Å². The molecular weight excluding hydrogens is 307 g/mol. The van der Waals surface area contributed by atoms with E-state index in [1.165, 1.54) is 31.0 Å². The Bertz CT molecular complexity index is 586. The van der Waals surface area contributed by atoms with Crippen molar-refractivity contribution in [1.82, 2.24) is 10.2 Å². The molecule has 1 aliphatic heterocycles. The summed E-state index contributed by atoms with van der Waals surface area (Å²) >= 11 is 0. The zero-order valence-electron chi connectivity index (χ0n) is 12.9. The smallest absolute Gasteiger partial charge is 0.334 e. The molecule has 2 aliphatic rings. The van der Waals surface area contributed by atoms with E-state index in [4.69, 9.17) is 0 Å². The number of rotatable bonds is 3. The standard InChI is InChI=1S/C16H20F3N3O/c1-10-8-22(11-6-7-11)9-14(10)21-15(23)20-13-5-3-2-4-12(13)16(17,18)19/h2-5,10-11,14H,6-9H2,1H3,(H2,20,21,23)/t10-,14+/m1/s1. The summed E-state index contributed by atoms with van der Waals surface area (Å²) in [6.07, 6.45) is -2.09. The number of benzene rings is 1. The van der Waals surface area contributed by atoms with Gasteiger partial charge in [-0.05, 0) is 30.9 Å². The summed E-state index contributed by atoms with van der Waals surface area (Å²) in [5.74, 6) is 0.291. The van der Waals surface area contributed by atoms with Crippen LogP contribution in [0.3, 0.4) is 0 Å². The highest BCUT2D eigenvalue weighted by Crippen LogP contribution is 2.35. The molecule has 2 N–H and O–H groups in total. The third-order valence-corrected chi connectivity index (χ3v) is 4.50. The van der Waals surface area contributed by atoms with Crippen LogP contribution in [-0.4, -0.2) is 36.1 Å². The molecule has 0 unspecified atom stereocenters. The summed E-state index contributed by atoms with van der Waals surface area (Å²) in [6.45, 7) is 3.74. The van der Waals surface area contributed by atoms with Crippen LogP contribution in [0.5, 0.6) is 0 Å². The number of carbonyl (C=O) groups is 1. The molecule has 0 spiro atoms. The Kier molecular flexibility index (Phi) is 4.23. The van der Waals surface area contributed by atoms with Crippen molar-refractivity contribution in [3.05, 3.63) is 29.8 Å². The highest BCUT2D eigenvalue weighted by Gasteiger charge is 2.39. The van der Waals surface area contributed by atoms with Gasteiger partial charge < -0.3 is 10.6 Å². The van der Waals surface area contributed by atoms with E-state index in [-0.39, 0.29) is 11.7 Å². The number of para-hydroxylation sites is 1. The van der Waals surface area contributed by atoms with E-state index >= 15 is 0 Å². The number of hydrogen-bond donors (Lipinski definition) is 2. The van der Waals surface area contributed by atoms with E-state index in [9.17, 15) is 18.0 Å². The summed E-state index contributed by atoms with van der Waals surface area (Å²) in [5.41, 5.74) is -1.06. The molecule has 2 amide bonds. The topological polar surface area (TPSA) is 44.4 Å². The molecule has 1 saturated heterocycles. The lowest BCUT2D eigenvalue weighted by molar-refractivity contribution is -0.136. The number of alkyl halides is 3. The van der Waals surface area contributed by atoms with E-state index < -0.39 is 17.8 Å². The predicted molar refractivity (Wildman–Crippen MR) is 81.1 cm³/mol. The molecule has 7 heteroatoms. The second-order valence-electron chi connectivity index (χ2n) is 6.41. The van der Waals surface area contributed by atoms with Crippen LogP contribution in [0.15, 0.2) is 24.3 Å². The van der Waals surface area contributed by atoms with Gasteiger partial charge in [0.1, 0.15) is 0 Å². The number of nitrogens with one attached hydrogen (secondary N) is 2. The molecule has 23 heavy (non-hydrogen) atoms. The van der Waals surface area contributed by atoms with E-state index in [1.54, 1.807) is 0 Å². The molecule has 1 heterocycles. The number of nitrogens with zero attached hydrogens (tertiary/aromatic N) is 1. The zero-order chi connectivity index (χ0) is 16.6. The second kappa shape index (κ2) is 6.03. The van der Waals surface area contributed by atoms with Gasteiger partial charge in [0.05, 0.1) is 11.3 Å². The van der Waals surface area contributed by atoms with Crippen molar-refractivity contribution in [2.75, 3.05) is 18.4 Å². The lowest BCUT2D eigenvalue weighted by Gasteiger charge is -2.19. The first-order chi connectivity index (χ1) is 10.8. The van der Waals surface area contributed by atoms with Crippen LogP contribution in [0, 0.1) is 5.92 Å². The summed E-state index contributed by atoms with van der Waals surface area (Å²) < 4.78 is 38.8. The van der Waals surface area contributed by atoms with Crippen molar-refractivity contribution in [2.45, 2.75) is 38.0 Å². The molecule has 3 rings (SSSR count). The minimum Gasteiger partial charge on any atom is -0.334 e. The maximum absolute atomic E-state index is 12.9. The predicted octanol–water partition coefficient (Wildman–Crippen LogP) is 3.31. The molecule has 0 radical (unpaired) electrons. The number of carbonyl (C=O) groups excluding carboxylic acids is 1. The van der Waals surface area contributed by atoms with Crippen LogP contribution in [0.1, 0.15) is 25.3 Å². The van der Waals surface area contributed by atoms with E-state index in [0.717, 1.165) is 19.2 Å². The van der Waals surface area contributed by atoms with Gasteiger partial charge in [0.25, 0.3) is 0 Å². The third kappa shape index (κ3) is 3.77. The Morgan fingerprint density at radius 1 is 1.22 bits per heavy atom. The van der Waals surface area contributed by atoms with E-state index in [0.29, 0.717) is 12.0 Å². The highest BCUT2D eigenvalue weighted by atomic mass is 19.4. The number of likely N-dealkylation sites (tertiary alicyclic amines) is 1. The van der Waals surface area contributed by atoms with Crippen molar-refractivity contribution >= 4 is 11.7 Å². The molecule has 1 aromatic rings. The number of halogens is 3. The number of anilines is 1. The lowest BCUT2D eigenvalue weighted by atomic mass is 10.1. The lowest BCUT2D eigenvalue weighted by Crippen LogP contribution is -2.42.